The lowest BCUT2D eigenvalue weighted by Crippen LogP contribution is -2.61. The molecule has 1 aromatic carbocycles. The maximum atomic E-state index is 12.9. The molecule has 4 rings (SSSR count). The van der Waals surface area contributed by atoms with Gasteiger partial charge in [0.2, 0.25) is 11.8 Å². The molecular weight excluding hydrogens is 350 g/mol. The number of rotatable bonds is 3. The highest BCUT2D eigenvalue weighted by Gasteiger charge is 2.46. The summed E-state index contributed by atoms with van der Waals surface area (Å²) in [6.45, 7) is 1.55. The molecule has 1 atom stereocenters. The van der Waals surface area contributed by atoms with Crippen LogP contribution in [0.2, 0.25) is 5.02 Å². The minimum absolute atomic E-state index is 0.0797. The van der Waals surface area contributed by atoms with Crippen LogP contribution in [0.1, 0.15) is 44.1 Å². The zero-order valence-electron chi connectivity index (χ0n) is 15.0. The first kappa shape index (κ1) is 17.8. The molecule has 2 saturated heterocycles. The van der Waals surface area contributed by atoms with E-state index in [4.69, 9.17) is 17.3 Å². The molecular formula is C20H26ClN3O2. The first-order valence-electron chi connectivity index (χ1n) is 9.60. The molecule has 140 valence electrons. The molecule has 1 saturated carbocycles. The van der Waals surface area contributed by atoms with Crippen molar-refractivity contribution in [2.45, 2.75) is 56.0 Å². The van der Waals surface area contributed by atoms with E-state index in [1.807, 2.05) is 23.1 Å². The van der Waals surface area contributed by atoms with Crippen molar-refractivity contribution in [2.75, 3.05) is 19.6 Å². The summed E-state index contributed by atoms with van der Waals surface area (Å²) in [7, 11) is 0. The number of nitrogens with two attached hydrogens (primary N) is 1. The Morgan fingerprint density at radius 1 is 1.15 bits per heavy atom. The summed E-state index contributed by atoms with van der Waals surface area (Å²) in [6, 6.07) is 7.90. The van der Waals surface area contributed by atoms with Crippen LogP contribution in [-0.2, 0) is 15.0 Å². The molecule has 5 nitrogen and oxygen atoms in total. The quantitative estimate of drug-likeness (QED) is 0.881. The molecule has 1 aliphatic carbocycles. The first-order valence-corrected chi connectivity index (χ1v) is 9.98. The second kappa shape index (κ2) is 6.86. The van der Waals surface area contributed by atoms with E-state index in [0.29, 0.717) is 6.54 Å². The van der Waals surface area contributed by atoms with E-state index in [1.165, 1.54) is 5.56 Å². The van der Waals surface area contributed by atoms with E-state index < -0.39 is 0 Å². The summed E-state index contributed by atoms with van der Waals surface area (Å²) in [4.78, 5) is 28.9. The van der Waals surface area contributed by atoms with Crippen molar-refractivity contribution in [3.63, 3.8) is 0 Å². The van der Waals surface area contributed by atoms with Gasteiger partial charge in [0.25, 0.3) is 0 Å². The highest BCUT2D eigenvalue weighted by atomic mass is 35.5. The van der Waals surface area contributed by atoms with Gasteiger partial charge in [-0.05, 0) is 56.2 Å². The van der Waals surface area contributed by atoms with Crippen molar-refractivity contribution in [1.29, 1.82) is 0 Å². The predicted octanol–water partition coefficient (Wildman–Crippen LogP) is 2.31. The molecule has 0 unspecified atom stereocenters. The third-order valence-electron chi connectivity index (χ3n) is 6.63. The van der Waals surface area contributed by atoms with Gasteiger partial charge >= 0.3 is 0 Å². The Balaban J connectivity index is 1.49. The Bertz CT molecular complexity index is 715. The molecule has 0 bridgehead atoms. The number of nitrogens with zero attached hydrogens (tertiary/aromatic N) is 2. The summed E-state index contributed by atoms with van der Waals surface area (Å²) in [5.74, 6) is 0.257. The fourth-order valence-electron chi connectivity index (χ4n) is 5.03. The van der Waals surface area contributed by atoms with Crippen LogP contribution in [0.25, 0.3) is 0 Å². The number of carbonyl (C=O) groups excluding carboxylic acids is 2. The largest absolute Gasteiger partial charge is 0.330 e. The molecule has 2 amide bonds. The molecule has 2 N–H and O–H groups in total. The first-order chi connectivity index (χ1) is 12.5. The van der Waals surface area contributed by atoms with Gasteiger partial charge < -0.3 is 15.5 Å². The number of hydrogen-bond acceptors (Lipinski definition) is 3. The normalized spacial score (nSPS) is 32.1. The summed E-state index contributed by atoms with van der Waals surface area (Å²) in [6.07, 6.45) is 5.35. The van der Waals surface area contributed by atoms with Crippen molar-refractivity contribution < 1.29 is 9.59 Å². The highest BCUT2D eigenvalue weighted by Crippen LogP contribution is 2.41. The molecule has 2 heterocycles. The van der Waals surface area contributed by atoms with Crippen molar-refractivity contribution in [1.82, 2.24) is 9.80 Å². The van der Waals surface area contributed by atoms with Gasteiger partial charge in [-0.3, -0.25) is 9.59 Å². The van der Waals surface area contributed by atoms with Gasteiger partial charge in [-0.25, -0.2) is 0 Å². The van der Waals surface area contributed by atoms with E-state index in [2.05, 4.69) is 6.07 Å². The van der Waals surface area contributed by atoms with Gasteiger partial charge in [0.05, 0.1) is 0 Å². The van der Waals surface area contributed by atoms with Gasteiger partial charge in [-0.1, -0.05) is 23.7 Å². The van der Waals surface area contributed by atoms with Crippen LogP contribution in [0.4, 0.5) is 0 Å². The fourth-order valence-corrected chi connectivity index (χ4v) is 5.22. The van der Waals surface area contributed by atoms with Crippen LogP contribution in [0.3, 0.4) is 0 Å². The zero-order chi connectivity index (χ0) is 18.3. The third-order valence-corrected chi connectivity index (χ3v) is 6.86. The molecule has 2 aliphatic heterocycles. The topological polar surface area (TPSA) is 66.6 Å². The Labute approximate surface area is 159 Å². The zero-order valence-corrected chi connectivity index (χ0v) is 15.8. The molecule has 1 aromatic rings. The van der Waals surface area contributed by atoms with Crippen molar-refractivity contribution >= 4 is 23.4 Å². The van der Waals surface area contributed by atoms with Gasteiger partial charge in [0.1, 0.15) is 12.6 Å². The lowest BCUT2D eigenvalue weighted by atomic mass is 9.68. The summed E-state index contributed by atoms with van der Waals surface area (Å²) in [5, 5.41) is 0.732. The van der Waals surface area contributed by atoms with Gasteiger partial charge in [0, 0.05) is 29.6 Å². The van der Waals surface area contributed by atoms with Crippen LogP contribution in [0, 0.1) is 0 Å². The molecule has 0 spiro atoms. The molecule has 26 heavy (non-hydrogen) atoms. The van der Waals surface area contributed by atoms with Crippen LogP contribution >= 0.6 is 11.6 Å². The Kier molecular flexibility index (Phi) is 4.70. The Hall–Kier alpha value is -1.59. The lowest BCUT2D eigenvalue weighted by molar-refractivity contribution is -0.156. The van der Waals surface area contributed by atoms with Crippen molar-refractivity contribution in [3.8, 4) is 0 Å². The fraction of sp³-hybridized carbons (Fsp3) is 0.600. The maximum Gasteiger partial charge on any atom is 0.246 e. The van der Waals surface area contributed by atoms with Gasteiger partial charge in [-0.2, -0.15) is 0 Å². The monoisotopic (exact) mass is 375 g/mol. The summed E-state index contributed by atoms with van der Waals surface area (Å²) in [5.41, 5.74) is 7.29. The average Bonchev–Trinajstić information content (AvgIpc) is 3.16. The standard InChI is InChI=1S/C20H26ClN3O2/c21-15-4-1-3-14(11-15)20(13-22)8-6-16(7-9-20)24-12-18(25)23-10-2-5-17(23)19(24)26/h1,3-4,11,16-17H,2,5-10,12-13,22H2/t16?,17-,20?/m0/s1. The number of piperazine rings is 1. The number of hydrogen-bond donors (Lipinski definition) is 1. The molecule has 3 aliphatic rings. The average molecular weight is 376 g/mol. The number of halogens is 1. The van der Waals surface area contributed by atoms with Crippen molar-refractivity contribution in [2.24, 2.45) is 5.73 Å². The second-order valence-corrected chi connectivity index (χ2v) is 8.37. The minimum Gasteiger partial charge on any atom is -0.330 e. The lowest BCUT2D eigenvalue weighted by Gasteiger charge is -2.46. The molecule has 6 heteroatoms. The smallest absolute Gasteiger partial charge is 0.246 e. The predicted molar refractivity (Wildman–Crippen MR) is 101 cm³/mol. The van der Waals surface area contributed by atoms with Crippen LogP contribution < -0.4 is 5.73 Å². The third kappa shape index (κ3) is 2.91. The van der Waals surface area contributed by atoms with E-state index in [1.54, 1.807) is 4.90 Å². The Morgan fingerprint density at radius 2 is 1.92 bits per heavy atom. The highest BCUT2D eigenvalue weighted by molar-refractivity contribution is 6.30. The van der Waals surface area contributed by atoms with Gasteiger partial charge in [-0.15, -0.1) is 0 Å². The van der Waals surface area contributed by atoms with Crippen LogP contribution in [0.15, 0.2) is 24.3 Å². The molecule has 3 fully saturated rings. The van der Waals surface area contributed by atoms with E-state index in [0.717, 1.165) is 50.1 Å². The minimum atomic E-state index is -0.217. The number of amides is 2. The van der Waals surface area contributed by atoms with Crippen molar-refractivity contribution in [3.05, 3.63) is 34.9 Å². The van der Waals surface area contributed by atoms with Crippen LogP contribution in [-0.4, -0.2) is 53.3 Å². The SMILES string of the molecule is NCC1(c2cccc(Cl)c2)CCC(N2CC(=O)N3CCC[C@H]3C2=O)CC1. The van der Waals surface area contributed by atoms with E-state index in [-0.39, 0.29) is 35.9 Å². The van der Waals surface area contributed by atoms with E-state index in [9.17, 15) is 9.59 Å². The Morgan fingerprint density at radius 3 is 2.62 bits per heavy atom. The number of carbonyl (C=O) groups is 2. The van der Waals surface area contributed by atoms with Gasteiger partial charge in [0.15, 0.2) is 0 Å². The summed E-state index contributed by atoms with van der Waals surface area (Å²) < 4.78 is 0. The number of benzene rings is 1. The number of fused-ring (bicyclic) bond motifs is 1. The summed E-state index contributed by atoms with van der Waals surface area (Å²) >= 11 is 6.18. The maximum absolute atomic E-state index is 12.9. The van der Waals surface area contributed by atoms with E-state index >= 15 is 0 Å². The molecule has 0 radical (unpaired) electrons. The molecule has 0 aromatic heterocycles. The second-order valence-electron chi connectivity index (χ2n) is 7.94. The van der Waals surface area contributed by atoms with Crippen LogP contribution in [0.5, 0.6) is 0 Å².